The zero-order chi connectivity index (χ0) is 14.3. The van der Waals surface area contributed by atoms with Crippen molar-refractivity contribution in [2.75, 3.05) is 20.3 Å². The molecule has 1 atom stereocenters. The van der Waals surface area contributed by atoms with Gasteiger partial charge in [-0.3, -0.25) is 0 Å². The van der Waals surface area contributed by atoms with Gasteiger partial charge in [0.2, 0.25) is 10.0 Å². The van der Waals surface area contributed by atoms with Crippen molar-refractivity contribution in [2.24, 2.45) is 0 Å². The largest absolute Gasteiger partial charge is 0.384 e. The van der Waals surface area contributed by atoms with Crippen molar-refractivity contribution >= 4 is 10.0 Å². The van der Waals surface area contributed by atoms with Crippen LogP contribution in [0.5, 0.6) is 0 Å². The highest BCUT2D eigenvalue weighted by Gasteiger charge is 2.17. The molecular formula is C13H17NO4S. The monoisotopic (exact) mass is 283 g/mol. The third kappa shape index (κ3) is 5.01. The van der Waals surface area contributed by atoms with Crippen LogP contribution in [-0.4, -0.2) is 39.9 Å². The van der Waals surface area contributed by atoms with Gasteiger partial charge in [-0.15, -0.1) is 0 Å². The number of benzene rings is 1. The fourth-order valence-electron chi connectivity index (χ4n) is 1.50. The Bertz CT molecular complexity index is 572. The van der Waals surface area contributed by atoms with Crippen LogP contribution < -0.4 is 4.72 Å². The summed E-state index contributed by atoms with van der Waals surface area (Å²) in [5.41, 5.74) is 0.538. The van der Waals surface area contributed by atoms with E-state index >= 15 is 0 Å². The highest BCUT2D eigenvalue weighted by Crippen LogP contribution is 2.11. The summed E-state index contributed by atoms with van der Waals surface area (Å²) in [7, 11) is -2.08. The highest BCUT2D eigenvalue weighted by atomic mass is 32.2. The Morgan fingerprint density at radius 2 is 2.21 bits per heavy atom. The number of aliphatic hydroxyl groups is 1. The summed E-state index contributed by atoms with van der Waals surface area (Å²) in [6.45, 7) is 1.75. The Balaban J connectivity index is 2.95. The zero-order valence-corrected chi connectivity index (χ0v) is 11.7. The van der Waals surface area contributed by atoms with Gasteiger partial charge in [0.25, 0.3) is 0 Å². The number of ether oxygens (including phenoxy) is 1. The molecule has 1 aromatic rings. The number of sulfonamides is 1. The van der Waals surface area contributed by atoms with Crippen molar-refractivity contribution in [1.29, 1.82) is 0 Å². The maximum Gasteiger partial charge on any atom is 0.240 e. The molecule has 1 aromatic carbocycles. The van der Waals surface area contributed by atoms with Crippen LogP contribution in [0.2, 0.25) is 0 Å². The van der Waals surface area contributed by atoms with Gasteiger partial charge in [-0.25, -0.2) is 13.1 Å². The lowest BCUT2D eigenvalue weighted by Gasteiger charge is -2.13. The lowest BCUT2D eigenvalue weighted by Crippen LogP contribution is -2.35. The molecule has 0 aliphatic rings. The minimum Gasteiger partial charge on any atom is -0.384 e. The molecule has 0 bridgehead atoms. The first kappa shape index (κ1) is 15.7. The summed E-state index contributed by atoms with van der Waals surface area (Å²) in [6, 6.07) is 5.93. The van der Waals surface area contributed by atoms with Crippen LogP contribution in [0.25, 0.3) is 0 Å². The molecule has 0 aromatic heterocycles. The molecule has 19 heavy (non-hydrogen) atoms. The lowest BCUT2D eigenvalue weighted by molar-refractivity contribution is 0.180. The van der Waals surface area contributed by atoms with E-state index in [0.29, 0.717) is 12.2 Å². The molecule has 0 heterocycles. The standard InChI is InChI=1S/C13H17NO4S/c1-11(10-18-2)14-19(16,17)13-7-3-5-12(9-13)6-4-8-15/h3,5,7,9,11,14-15H,8,10H2,1-2H3. The van der Waals surface area contributed by atoms with E-state index in [1.165, 1.54) is 19.2 Å². The fourth-order valence-corrected chi connectivity index (χ4v) is 2.77. The first-order chi connectivity index (χ1) is 8.99. The normalized spacial score (nSPS) is 12.6. The number of aliphatic hydroxyl groups excluding tert-OH is 1. The van der Waals surface area contributed by atoms with Crippen molar-refractivity contribution in [3.63, 3.8) is 0 Å². The van der Waals surface area contributed by atoms with Gasteiger partial charge in [-0.2, -0.15) is 0 Å². The van der Waals surface area contributed by atoms with E-state index in [-0.39, 0.29) is 17.5 Å². The quantitative estimate of drug-likeness (QED) is 0.764. The molecule has 6 heteroatoms. The van der Waals surface area contributed by atoms with Crippen molar-refractivity contribution in [1.82, 2.24) is 4.72 Å². The number of methoxy groups -OCH3 is 1. The van der Waals surface area contributed by atoms with Gasteiger partial charge in [0, 0.05) is 18.7 Å². The van der Waals surface area contributed by atoms with Gasteiger partial charge in [-0.1, -0.05) is 17.9 Å². The summed E-state index contributed by atoms with van der Waals surface area (Å²) < 4.78 is 31.5. The van der Waals surface area contributed by atoms with E-state index in [1.807, 2.05) is 0 Å². The molecule has 0 aliphatic carbocycles. The van der Waals surface area contributed by atoms with Crippen LogP contribution in [0.3, 0.4) is 0 Å². The second kappa shape index (κ2) is 7.26. The van der Waals surface area contributed by atoms with E-state index in [2.05, 4.69) is 16.6 Å². The topological polar surface area (TPSA) is 75.6 Å². The maximum absolute atomic E-state index is 12.1. The first-order valence-corrected chi connectivity index (χ1v) is 7.19. The molecule has 0 saturated carbocycles. The molecule has 1 unspecified atom stereocenters. The molecule has 2 N–H and O–H groups in total. The average molecular weight is 283 g/mol. The van der Waals surface area contributed by atoms with Gasteiger partial charge in [0.15, 0.2) is 0 Å². The highest BCUT2D eigenvalue weighted by molar-refractivity contribution is 7.89. The maximum atomic E-state index is 12.1. The van der Waals surface area contributed by atoms with Crippen LogP contribution in [0.4, 0.5) is 0 Å². The van der Waals surface area contributed by atoms with E-state index in [9.17, 15) is 8.42 Å². The summed E-state index contributed by atoms with van der Waals surface area (Å²) in [5, 5.41) is 8.62. The Kier molecular flexibility index (Phi) is 5.99. The first-order valence-electron chi connectivity index (χ1n) is 5.70. The minimum atomic E-state index is -3.59. The Morgan fingerprint density at radius 3 is 2.84 bits per heavy atom. The van der Waals surface area contributed by atoms with Crippen LogP contribution in [0.15, 0.2) is 29.2 Å². The average Bonchev–Trinajstić information content (AvgIpc) is 2.36. The van der Waals surface area contributed by atoms with Crippen molar-refractivity contribution in [3.8, 4) is 11.8 Å². The summed E-state index contributed by atoms with van der Waals surface area (Å²) in [6.07, 6.45) is 0. The second-order valence-electron chi connectivity index (χ2n) is 3.97. The third-order valence-electron chi connectivity index (χ3n) is 2.23. The Hall–Kier alpha value is -1.39. The van der Waals surface area contributed by atoms with Crippen molar-refractivity contribution < 1.29 is 18.3 Å². The second-order valence-corrected chi connectivity index (χ2v) is 5.68. The number of hydrogen-bond acceptors (Lipinski definition) is 4. The molecule has 5 nitrogen and oxygen atoms in total. The predicted octanol–water partition coefficient (Wildman–Crippen LogP) is 0.344. The Labute approximate surface area is 113 Å². The van der Waals surface area contributed by atoms with E-state index < -0.39 is 10.0 Å². The molecule has 0 saturated heterocycles. The number of nitrogens with one attached hydrogen (secondary N) is 1. The Morgan fingerprint density at radius 1 is 1.47 bits per heavy atom. The van der Waals surface area contributed by atoms with Crippen molar-refractivity contribution in [2.45, 2.75) is 17.9 Å². The van der Waals surface area contributed by atoms with Crippen LogP contribution in [0.1, 0.15) is 12.5 Å². The molecule has 0 amide bonds. The smallest absolute Gasteiger partial charge is 0.240 e. The molecule has 0 fully saturated rings. The lowest BCUT2D eigenvalue weighted by atomic mass is 10.2. The predicted molar refractivity (Wildman–Crippen MR) is 72.1 cm³/mol. The van der Waals surface area contributed by atoms with Gasteiger partial charge in [0.05, 0.1) is 11.5 Å². The van der Waals surface area contributed by atoms with Gasteiger partial charge in [-0.05, 0) is 25.1 Å². The third-order valence-corrected chi connectivity index (χ3v) is 3.82. The number of hydrogen-bond donors (Lipinski definition) is 2. The van der Waals surface area contributed by atoms with Crippen LogP contribution in [-0.2, 0) is 14.8 Å². The van der Waals surface area contributed by atoms with E-state index in [0.717, 1.165) is 0 Å². The van der Waals surface area contributed by atoms with Crippen LogP contribution in [0, 0.1) is 11.8 Å². The molecule has 1 rings (SSSR count). The van der Waals surface area contributed by atoms with Gasteiger partial charge < -0.3 is 9.84 Å². The summed E-state index contributed by atoms with van der Waals surface area (Å²) in [5.74, 6) is 5.14. The fraction of sp³-hybridized carbons (Fsp3) is 0.385. The van der Waals surface area contributed by atoms with Crippen LogP contribution >= 0.6 is 0 Å². The molecule has 0 radical (unpaired) electrons. The molecular weight excluding hydrogens is 266 g/mol. The number of rotatable bonds is 5. The molecule has 0 spiro atoms. The minimum absolute atomic E-state index is 0.139. The SMILES string of the molecule is COCC(C)NS(=O)(=O)c1cccc(C#CCO)c1. The van der Waals surface area contributed by atoms with Crippen molar-refractivity contribution in [3.05, 3.63) is 29.8 Å². The van der Waals surface area contributed by atoms with Gasteiger partial charge in [0.1, 0.15) is 6.61 Å². The van der Waals surface area contributed by atoms with Gasteiger partial charge >= 0.3 is 0 Å². The van der Waals surface area contributed by atoms with E-state index in [1.54, 1.807) is 19.1 Å². The summed E-state index contributed by atoms with van der Waals surface area (Å²) >= 11 is 0. The molecule has 104 valence electrons. The molecule has 0 aliphatic heterocycles. The summed E-state index contributed by atoms with van der Waals surface area (Å²) in [4.78, 5) is 0.139. The van der Waals surface area contributed by atoms with E-state index in [4.69, 9.17) is 9.84 Å². The zero-order valence-electron chi connectivity index (χ0n) is 10.9.